The molecule has 0 saturated heterocycles. The van der Waals surface area contributed by atoms with Gasteiger partial charge in [0.15, 0.2) is 5.78 Å². The first-order valence-electron chi connectivity index (χ1n) is 8.84. The minimum absolute atomic E-state index is 0.00975. The highest BCUT2D eigenvalue weighted by molar-refractivity contribution is 6.30. The Kier molecular flexibility index (Phi) is 5.76. The summed E-state index contributed by atoms with van der Waals surface area (Å²) >= 11 is 5.91. The van der Waals surface area contributed by atoms with E-state index in [2.05, 4.69) is 0 Å². The number of carboxylic acid groups (broad SMARTS) is 1. The SMILES string of the molecule is CC1=C(CCC(=O)O)CC(C(=O)c2ccc(Cl)cc2)Cc2ccc(F)cc21. The van der Waals surface area contributed by atoms with E-state index in [0.29, 0.717) is 29.8 Å². The van der Waals surface area contributed by atoms with Crippen molar-refractivity contribution < 1.29 is 19.1 Å². The van der Waals surface area contributed by atoms with Gasteiger partial charge in [0, 0.05) is 22.9 Å². The molecular formula is C22H20ClFO3. The first-order chi connectivity index (χ1) is 12.8. The van der Waals surface area contributed by atoms with Gasteiger partial charge >= 0.3 is 5.97 Å². The molecule has 27 heavy (non-hydrogen) atoms. The maximum atomic E-state index is 13.8. The molecule has 0 aromatic heterocycles. The molecule has 1 aliphatic carbocycles. The number of carbonyl (C=O) groups is 2. The van der Waals surface area contributed by atoms with Crippen LogP contribution in [0.4, 0.5) is 4.39 Å². The Hall–Kier alpha value is -2.46. The average Bonchev–Trinajstić information content (AvgIpc) is 2.77. The third kappa shape index (κ3) is 4.45. The second-order valence-electron chi connectivity index (χ2n) is 6.90. The topological polar surface area (TPSA) is 54.4 Å². The molecule has 0 saturated carbocycles. The number of rotatable bonds is 5. The third-order valence-corrected chi connectivity index (χ3v) is 5.36. The lowest BCUT2D eigenvalue weighted by atomic mass is 9.86. The van der Waals surface area contributed by atoms with Crippen molar-refractivity contribution in [3.63, 3.8) is 0 Å². The van der Waals surface area contributed by atoms with Gasteiger partial charge in [0.1, 0.15) is 5.82 Å². The standard InChI is InChI=1S/C22H20ClFO3/c1-13-15(5-9-21(25)26)10-17(11-16-4-8-19(24)12-20(13)16)22(27)14-2-6-18(23)7-3-14/h2-4,6-8,12,17H,5,9-11H2,1H3,(H,25,26). The summed E-state index contributed by atoms with van der Waals surface area (Å²) in [4.78, 5) is 24.1. The van der Waals surface area contributed by atoms with E-state index in [4.69, 9.17) is 16.7 Å². The first kappa shape index (κ1) is 19.3. The second-order valence-corrected chi connectivity index (χ2v) is 7.34. The van der Waals surface area contributed by atoms with Crippen molar-refractivity contribution in [2.45, 2.75) is 32.6 Å². The average molecular weight is 387 g/mol. The molecule has 0 bridgehead atoms. The van der Waals surface area contributed by atoms with E-state index in [9.17, 15) is 14.0 Å². The van der Waals surface area contributed by atoms with E-state index >= 15 is 0 Å². The predicted molar refractivity (Wildman–Crippen MR) is 103 cm³/mol. The number of aliphatic carboxylic acids is 1. The molecular weight excluding hydrogens is 367 g/mol. The number of allylic oxidation sites excluding steroid dienone is 2. The number of Topliss-reactive ketones (excluding diaryl/α,β-unsaturated/α-hetero) is 1. The van der Waals surface area contributed by atoms with Crippen LogP contribution in [-0.4, -0.2) is 16.9 Å². The van der Waals surface area contributed by atoms with Gasteiger partial charge in [-0.3, -0.25) is 9.59 Å². The van der Waals surface area contributed by atoms with Crippen molar-refractivity contribution in [3.8, 4) is 0 Å². The van der Waals surface area contributed by atoms with Crippen molar-refractivity contribution in [1.29, 1.82) is 0 Å². The molecule has 3 rings (SSSR count). The number of carboxylic acids is 1. The molecule has 3 nitrogen and oxygen atoms in total. The molecule has 2 aromatic rings. The zero-order chi connectivity index (χ0) is 19.6. The van der Waals surface area contributed by atoms with E-state index in [1.165, 1.54) is 12.1 Å². The van der Waals surface area contributed by atoms with Crippen LogP contribution in [0, 0.1) is 11.7 Å². The van der Waals surface area contributed by atoms with Gasteiger partial charge < -0.3 is 5.11 Å². The minimum atomic E-state index is -0.889. The second kappa shape index (κ2) is 8.05. The minimum Gasteiger partial charge on any atom is -0.481 e. The quantitative estimate of drug-likeness (QED) is 0.684. The lowest BCUT2D eigenvalue weighted by Crippen LogP contribution is -2.18. The fraction of sp³-hybridized carbons (Fsp3) is 0.273. The van der Waals surface area contributed by atoms with Gasteiger partial charge in [-0.15, -0.1) is 0 Å². The molecule has 1 atom stereocenters. The van der Waals surface area contributed by atoms with Crippen molar-refractivity contribution in [3.05, 3.63) is 75.6 Å². The largest absolute Gasteiger partial charge is 0.481 e. The first-order valence-corrected chi connectivity index (χ1v) is 9.22. The van der Waals surface area contributed by atoms with Crippen LogP contribution < -0.4 is 0 Å². The van der Waals surface area contributed by atoms with Crippen LogP contribution >= 0.6 is 11.6 Å². The van der Waals surface area contributed by atoms with E-state index in [1.807, 2.05) is 6.92 Å². The predicted octanol–water partition coefficient (Wildman–Crippen LogP) is 5.56. The molecule has 0 aliphatic heterocycles. The molecule has 0 fully saturated rings. The van der Waals surface area contributed by atoms with E-state index in [1.54, 1.807) is 30.3 Å². The fourth-order valence-corrected chi connectivity index (χ4v) is 3.76. The number of ketones is 1. The van der Waals surface area contributed by atoms with E-state index in [0.717, 1.165) is 22.3 Å². The lowest BCUT2D eigenvalue weighted by molar-refractivity contribution is -0.136. The summed E-state index contributed by atoms with van der Waals surface area (Å²) in [5.74, 6) is -1.56. The maximum Gasteiger partial charge on any atom is 0.303 e. The molecule has 0 radical (unpaired) electrons. The Bertz CT molecular complexity index is 916. The molecule has 0 amide bonds. The Labute approximate surface area is 162 Å². The van der Waals surface area contributed by atoms with Gasteiger partial charge in [-0.05, 0) is 79.3 Å². The Balaban J connectivity index is 1.99. The van der Waals surface area contributed by atoms with Crippen molar-refractivity contribution in [2.24, 2.45) is 5.92 Å². The zero-order valence-electron chi connectivity index (χ0n) is 15.0. The molecule has 1 N–H and O–H groups in total. The third-order valence-electron chi connectivity index (χ3n) is 5.11. The fourth-order valence-electron chi connectivity index (χ4n) is 3.64. The summed E-state index contributed by atoms with van der Waals surface area (Å²) in [5, 5.41) is 9.62. The number of benzene rings is 2. The van der Waals surface area contributed by atoms with Gasteiger partial charge in [0.25, 0.3) is 0 Å². The molecule has 0 heterocycles. The Morgan fingerprint density at radius 3 is 2.52 bits per heavy atom. The van der Waals surface area contributed by atoms with Gasteiger partial charge in [0.2, 0.25) is 0 Å². The molecule has 2 aromatic carbocycles. The van der Waals surface area contributed by atoms with E-state index in [-0.39, 0.29) is 23.9 Å². The highest BCUT2D eigenvalue weighted by atomic mass is 35.5. The smallest absolute Gasteiger partial charge is 0.303 e. The summed E-state index contributed by atoms with van der Waals surface area (Å²) in [7, 11) is 0. The van der Waals surface area contributed by atoms with Crippen LogP contribution in [0.25, 0.3) is 5.57 Å². The van der Waals surface area contributed by atoms with Crippen LogP contribution in [-0.2, 0) is 11.2 Å². The normalized spacial score (nSPS) is 16.6. The molecule has 1 aliphatic rings. The molecule has 0 spiro atoms. The van der Waals surface area contributed by atoms with Crippen LogP contribution in [0.3, 0.4) is 0 Å². The van der Waals surface area contributed by atoms with Gasteiger partial charge in [-0.2, -0.15) is 0 Å². The maximum absolute atomic E-state index is 13.8. The van der Waals surface area contributed by atoms with Gasteiger partial charge in [-0.1, -0.05) is 23.2 Å². The summed E-state index contributed by atoms with van der Waals surface area (Å²) in [6.45, 7) is 1.88. The van der Waals surface area contributed by atoms with Crippen LogP contribution in [0.1, 0.15) is 47.7 Å². The number of hydrogen-bond acceptors (Lipinski definition) is 2. The van der Waals surface area contributed by atoms with Crippen LogP contribution in [0.5, 0.6) is 0 Å². The van der Waals surface area contributed by atoms with Gasteiger partial charge in [-0.25, -0.2) is 4.39 Å². The molecule has 1 unspecified atom stereocenters. The Morgan fingerprint density at radius 1 is 1.15 bits per heavy atom. The van der Waals surface area contributed by atoms with Crippen molar-refractivity contribution in [2.75, 3.05) is 0 Å². The monoisotopic (exact) mass is 386 g/mol. The van der Waals surface area contributed by atoms with Crippen LogP contribution in [0.15, 0.2) is 48.0 Å². The summed E-state index contributed by atoms with van der Waals surface area (Å²) in [5.41, 5.74) is 4.02. The number of carbonyl (C=O) groups excluding carboxylic acids is 1. The number of hydrogen-bond donors (Lipinski definition) is 1. The lowest BCUT2D eigenvalue weighted by Gasteiger charge is -2.16. The Morgan fingerprint density at radius 2 is 1.85 bits per heavy atom. The molecule has 140 valence electrons. The zero-order valence-corrected chi connectivity index (χ0v) is 15.7. The van der Waals surface area contributed by atoms with Crippen molar-refractivity contribution >= 4 is 28.9 Å². The van der Waals surface area contributed by atoms with Crippen molar-refractivity contribution in [1.82, 2.24) is 0 Å². The molecule has 5 heteroatoms. The summed E-state index contributed by atoms with van der Waals surface area (Å²) in [6.07, 6.45) is 1.29. The summed E-state index contributed by atoms with van der Waals surface area (Å²) in [6, 6.07) is 11.4. The number of halogens is 2. The summed E-state index contributed by atoms with van der Waals surface area (Å²) < 4.78 is 13.8. The number of fused-ring (bicyclic) bond motifs is 1. The van der Waals surface area contributed by atoms with Gasteiger partial charge in [0.05, 0.1) is 0 Å². The highest BCUT2D eigenvalue weighted by Crippen LogP contribution is 2.36. The van der Waals surface area contributed by atoms with Crippen LogP contribution in [0.2, 0.25) is 5.02 Å². The highest BCUT2D eigenvalue weighted by Gasteiger charge is 2.27. The van der Waals surface area contributed by atoms with E-state index < -0.39 is 5.97 Å².